The fourth-order valence-electron chi connectivity index (χ4n) is 3.40. The highest BCUT2D eigenvalue weighted by Gasteiger charge is 2.52. The summed E-state index contributed by atoms with van der Waals surface area (Å²) in [6.07, 6.45) is 0.629. The second kappa shape index (κ2) is 10.3. The Morgan fingerprint density at radius 3 is 2.30 bits per heavy atom. The Morgan fingerprint density at radius 2 is 1.79 bits per heavy atom. The van der Waals surface area contributed by atoms with Gasteiger partial charge in [-0.15, -0.1) is 0 Å². The summed E-state index contributed by atoms with van der Waals surface area (Å²) < 4.78 is 23.1. The van der Waals surface area contributed by atoms with Crippen LogP contribution in [-0.2, 0) is 18.8 Å². The number of carbonyl (C=O) groups is 2. The van der Waals surface area contributed by atoms with Crippen molar-refractivity contribution in [3.8, 4) is 5.75 Å². The van der Waals surface area contributed by atoms with Crippen LogP contribution in [0.5, 0.6) is 5.75 Å². The van der Waals surface area contributed by atoms with Crippen molar-refractivity contribution in [3.05, 3.63) is 18.2 Å². The number of aldehydes is 1. The van der Waals surface area contributed by atoms with Gasteiger partial charge in [0, 0.05) is 23.8 Å². The number of ether oxygens (including phenoxy) is 2. The Hall–Kier alpha value is -2.26. The van der Waals surface area contributed by atoms with Crippen molar-refractivity contribution in [2.75, 3.05) is 19.0 Å². The third-order valence-corrected chi connectivity index (χ3v) is 5.92. The molecule has 0 bridgehead atoms. The van der Waals surface area contributed by atoms with Crippen molar-refractivity contribution in [1.82, 2.24) is 5.32 Å². The molecule has 0 saturated carbocycles. The monoisotopic (exact) mass is 462 g/mol. The Kier molecular flexibility index (Phi) is 8.46. The maximum absolute atomic E-state index is 11.9. The molecule has 9 heteroatoms. The number of methoxy groups -OCH3 is 1. The second-order valence-electron chi connectivity index (χ2n) is 10.7. The average molecular weight is 462 g/mol. The Balaban J connectivity index is 1.96. The molecule has 0 radical (unpaired) electrons. The van der Waals surface area contributed by atoms with E-state index in [0.29, 0.717) is 18.7 Å². The van der Waals surface area contributed by atoms with E-state index in [1.165, 1.54) is 0 Å². The molecule has 2 atom stereocenters. The molecule has 33 heavy (non-hydrogen) atoms. The van der Waals surface area contributed by atoms with Crippen LogP contribution in [0.2, 0.25) is 0 Å². The second-order valence-corrected chi connectivity index (χ2v) is 10.7. The summed E-state index contributed by atoms with van der Waals surface area (Å²) in [4.78, 5) is 23.4. The highest BCUT2D eigenvalue weighted by molar-refractivity contribution is 6.63. The highest BCUT2D eigenvalue weighted by Crippen LogP contribution is 2.37. The topological polar surface area (TPSA) is 95.1 Å². The highest BCUT2D eigenvalue weighted by atomic mass is 16.7. The molecule has 1 aliphatic heterocycles. The first-order valence-corrected chi connectivity index (χ1v) is 11.4. The van der Waals surface area contributed by atoms with Crippen LogP contribution in [0.4, 0.5) is 10.5 Å². The number of carbonyl (C=O) groups excluding carboxylic acids is 2. The molecule has 2 unspecified atom stereocenters. The molecular weight excluding hydrogens is 423 g/mol. The van der Waals surface area contributed by atoms with Crippen molar-refractivity contribution in [3.63, 3.8) is 0 Å². The summed E-state index contributed by atoms with van der Waals surface area (Å²) in [5.41, 5.74) is 0.226. The zero-order chi connectivity index (χ0) is 25.0. The number of hydrogen-bond acceptors (Lipinski definition) is 7. The fraction of sp³-hybridized carbons (Fsp3) is 0.667. The molecule has 8 nitrogen and oxygen atoms in total. The van der Waals surface area contributed by atoms with Crippen LogP contribution in [0.15, 0.2) is 18.2 Å². The van der Waals surface area contributed by atoms with E-state index in [1.54, 1.807) is 27.9 Å². The quantitative estimate of drug-likeness (QED) is 0.428. The number of amides is 1. The van der Waals surface area contributed by atoms with Gasteiger partial charge in [0.25, 0.3) is 0 Å². The molecule has 2 rings (SSSR count). The lowest BCUT2D eigenvalue weighted by molar-refractivity contribution is -0.110. The van der Waals surface area contributed by atoms with E-state index < -0.39 is 36.1 Å². The van der Waals surface area contributed by atoms with Crippen LogP contribution in [0.25, 0.3) is 0 Å². The number of nitrogens with one attached hydrogen (secondary N) is 2. The van der Waals surface area contributed by atoms with Gasteiger partial charge in [0.2, 0.25) is 0 Å². The molecule has 1 fully saturated rings. The van der Waals surface area contributed by atoms with E-state index in [-0.39, 0.29) is 5.92 Å². The first-order valence-electron chi connectivity index (χ1n) is 11.4. The zero-order valence-electron chi connectivity index (χ0n) is 21.4. The standard InChI is InChI=1S/C24H39BN2O6/c1-16(12-18(15-28)27-21(29)31-22(2,3)4)14-26-17-10-11-19(20(13-17)30-9)25-32-23(5,6)24(7,8)33-25/h10-11,13,15-16,18,26H,12,14H2,1-9H3,(H,27,29). The van der Waals surface area contributed by atoms with Gasteiger partial charge in [-0.1, -0.05) is 13.0 Å². The minimum Gasteiger partial charge on any atom is -0.497 e. The van der Waals surface area contributed by atoms with Gasteiger partial charge in [-0.25, -0.2) is 4.79 Å². The van der Waals surface area contributed by atoms with Gasteiger partial charge in [-0.05, 0) is 66.9 Å². The number of alkyl carbamates (subject to hydrolysis) is 1. The summed E-state index contributed by atoms with van der Waals surface area (Å²) in [5.74, 6) is 0.785. The molecule has 2 N–H and O–H groups in total. The Morgan fingerprint density at radius 1 is 1.18 bits per heavy atom. The van der Waals surface area contributed by atoms with Crippen LogP contribution in [-0.4, -0.2) is 56.0 Å². The molecule has 1 aromatic rings. The van der Waals surface area contributed by atoms with Crippen LogP contribution in [0.1, 0.15) is 61.8 Å². The molecule has 1 heterocycles. The molecule has 1 aliphatic rings. The number of rotatable bonds is 9. The fourth-order valence-corrected chi connectivity index (χ4v) is 3.40. The summed E-state index contributed by atoms with van der Waals surface area (Å²) >= 11 is 0. The first-order chi connectivity index (χ1) is 15.2. The number of hydrogen-bond donors (Lipinski definition) is 2. The summed E-state index contributed by atoms with van der Waals surface area (Å²) in [5, 5.41) is 5.99. The van der Waals surface area contributed by atoms with Crippen LogP contribution < -0.4 is 20.8 Å². The van der Waals surface area contributed by atoms with Gasteiger partial charge < -0.3 is 34.2 Å². The van der Waals surface area contributed by atoms with E-state index in [0.717, 1.165) is 17.4 Å². The van der Waals surface area contributed by atoms with Crippen molar-refractivity contribution >= 4 is 30.6 Å². The number of benzene rings is 1. The van der Waals surface area contributed by atoms with Crippen LogP contribution in [0.3, 0.4) is 0 Å². The molecular formula is C24H39BN2O6. The Bertz CT molecular complexity index is 821. The normalized spacial score (nSPS) is 18.9. The van der Waals surface area contributed by atoms with Crippen LogP contribution in [0, 0.1) is 5.92 Å². The molecule has 0 spiro atoms. The lowest BCUT2D eigenvalue weighted by Gasteiger charge is -2.32. The molecule has 0 aliphatic carbocycles. The molecule has 1 saturated heterocycles. The van der Waals surface area contributed by atoms with Gasteiger partial charge in [-0.3, -0.25) is 0 Å². The maximum atomic E-state index is 11.9. The predicted octanol–water partition coefficient (Wildman–Crippen LogP) is 3.52. The smallest absolute Gasteiger partial charge is 0.497 e. The van der Waals surface area contributed by atoms with E-state index >= 15 is 0 Å². The van der Waals surface area contributed by atoms with Gasteiger partial charge in [0.15, 0.2) is 0 Å². The average Bonchev–Trinajstić information content (AvgIpc) is 2.91. The van der Waals surface area contributed by atoms with Crippen molar-refractivity contribution in [2.45, 2.75) is 84.7 Å². The molecule has 1 aromatic carbocycles. The van der Waals surface area contributed by atoms with Gasteiger partial charge in [-0.2, -0.15) is 0 Å². The minimum absolute atomic E-state index is 0.115. The maximum Gasteiger partial charge on any atom is 0.498 e. The summed E-state index contributed by atoms with van der Waals surface area (Å²) in [6.45, 7) is 16.0. The summed E-state index contributed by atoms with van der Waals surface area (Å²) in [7, 11) is 1.11. The first kappa shape index (κ1) is 27.0. The third-order valence-electron chi connectivity index (χ3n) is 5.92. The van der Waals surface area contributed by atoms with E-state index in [4.69, 9.17) is 18.8 Å². The van der Waals surface area contributed by atoms with Crippen molar-refractivity contribution in [2.24, 2.45) is 5.92 Å². The molecule has 184 valence electrons. The van der Waals surface area contributed by atoms with E-state index in [2.05, 4.69) is 10.6 Å². The van der Waals surface area contributed by atoms with Crippen LogP contribution >= 0.6 is 0 Å². The lowest BCUT2D eigenvalue weighted by Crippen LogP contribution is -2.41. The minimum atomic E-state index is -0.615. The summed E-state index contributed by atoms with van der Waals surface area (Å²) in [6, 6.07) is 5.18. The van der Waals surface area contributed by atoms with E-state index in [9.17, 15) is 9.59 Å². The zero-order valence-corrected chi connectivity index (χ0v) is 21.4. The van der Waals surface area contributed by atoms with Gasteiger partial charge in [0.1, 0.15) is 17.6 Å². The number of anilines is 1. The van der Waals surface area contributed by atoms with Crippen molar-refractivity contribution < 1.29 is 28.4 Å². The molecule has 1 amide bonds. The largest absolute Gasteiger partial charge is 0.498 e. The SMILES string of the molecule is COc1cc(NCC(C)CC(C=O)NC(=O)OC(C)(C)C)ccc1B1OC(C)(C)C(C)(C)O1. The Labute approximate surface area is 198 Å². The van der Waals surface area contributed by atoms with Crippen molar-refractivity contribution in [1.29, 1.82) is 0 Å². The third kappa shape index (κ3) is 7.37. The lowest BCUT2D eigenvalue weighted by atomic mass is 9.78. The van der Waals surface area contributed by atoms with E-state index in [1.807, 2.05) is 52.8 Å². The molecule has 0 aromatic heterocycles. The predicted molar refractivity (Wildman–Crippen MR) is 130 cm³/mol. The van der Waals surface area contributed by atoms with Gasteiger partial charge in [0.05, 0.1) is 24.4 Å². The van der Waals surface area contributed by atoms with Gasteiger partial charge >= 0.3 is 13.2 Å².